The zero-order chi connectivity index (χ0) is 15.0. The van der Waals surface area contributed by atoms with Gasteiger partial charge in [0.05, 0.1) is 0 Å². The number of fused-ring (bicyclic) bond motifs is 2. The Morgan fingerprint density at radius 2 is 1.86 bits per heavy atom. The van der Waals surface area contributed by atoms with Crippen molar-refractivity contribution in [1.29, 1.82) is 0 Å². The van der Waals surface area contributed by atoms with Gasteiger partial charge in [-0.3, -0.25) is 0 Å². The van der Waals surface area contributed by atoms with E-state index in [0.717, 1.165) is 25.5 Å². The molecule has 2 aliphatic rings. The quantitative estimate of drug-likeness (QED) is 0.931. The molecular weight excluding hydrogens is 281 g/mol. The Balaban J connectivity index is 1.77. The second-order valence-electron chi connectivity index (χ2n) is 5.82. The van der Waals surface area contributed by atoms with Crippen LogP contribution in [0.4, 0.5) is 19.0 Å². The van der Waals surface area contributed by atoms with Crippen molar-refractivity contribution >= 4 is 5.82 Å². The highest BCUT2D eigenvalue weighted by atomic mass is 19.4. The lowest BCUT2D eigenvalue weighted by atomic mass is 9.98. The van der Waals surface area contributed by atoms with E-state index in [1.54, 1.807) is 0 Å². The topological polar surface area (TPSA) is 41.1 Å². The average molecular weight is 300 g/mol. The van der Waals surface area contributed by atoms with Gasteiger partial charge in [0.25, 0.3) is 0 Å². The van der Waals surface area contributed by atoms with E-state index in [9.17, 15) is 13.2 Å². The monoisotopic (exact) mass is 300 g/mol. The highest BCUT2D eigenvalue weighted by Crippen LogP contribution is 2.32. The number of anilines is 1. The summed E-state index contributed by atoms with van der Waals surface area (Å²) in [5, 5.41) is 10.7. The largest absolute Gasteiger partial charge is 0.435 e. The van der Waals surface area contributed by atoms with E-state index < -0.39 is 11.9 Å². The minimum Gasteiger partial charge on any atom is -0.352 e. The highest BCUT2D eigenvalue weighted by Gasteiger charge is 2.37. The summed E-state index contributed by atoms with van der Waals surface area (Å²) in [4.78, 5) is 2.08. The summed E-state index contributed by atoms with van der Waals surface area (Å²) in [7, 11) is 0. The number of nitrogens with zero attached hydrogens (tertiary/aromatic N) is 3. The van der Waals surface area contributed by atoms with E-state index in [1.807, 2.05) is 6.92 Å². The molecule has 0 aromatic carbocycles. The van der Waals surface area contributed by atoms with Crippen LogP contribution in [0.15, 0.2) is 12.1 Å². The zero-order valence-electron chi connectivity index (χ0n) is 11.9. The molecule has 0 radical (unpaired) electrons. The summed E-state index contributed by atoms with van der Waals surface area (Å²) in [5.41, 5.74) is -0.937. The fourth-order valence-corrected chi connectivity index (χ4v) is 3.52. The summed E-state index contributed by atoms with van der Waals surface area (Å²) >= 11 is 0. The summed E-state index contributed by atoms with van der Waals surface area (Å²) in [6, 6.07) is 3.85. The molecule has 3 rings (SSSR count). The van der Waals surface area contributed by atoms with Gasteiger partial charge in [0.2, 0.25) is 0 Å². The van der Waals surface area contributed by atoms with Crippen LogP contribution >= 0.6 is 0 Å². The molecule has 7 heteroatoms. The second-order valence-corrected chi connectivity index (χ2v) is 5.82. The van der Waals surface area contributed by atoms with Crippen LogP contribution in [-0.4, -0.2) is 34.9 Å². The molecular formula is C14H19F3N4. The lowest BCUT2D eigenvalue weighted by Gasteiger charge is -2.37. The Morgan fingerprint density at radius 3 is 2.33 bits per heavy atom. The third kappa shape index (κ3) is 2.97. The summed E-state index contributed by atoms with van der Waals surface area (Å²) in [5.74, 6) is 0.539. The molecule has 21 heavy (non-hydrogen) atoms. The van der Waals surface area contributed by atoms with Crippen molar-refractivity contribution < 1.29 is 13.2 Å². The van der Waals surface area contributed by atoms with Crippen LogP contribution < -0.4 is 10.2 Å². The molecule has 1 aromatic rings. The van der Waals surface area contributed by atoms with Gasteiger partial charge in [0.15, 0.2) is 11.5 Å². The Bertz CT molecular complexity index is 476. The third-order valence-electron chi connectivity index (χ3n) is 4.46. The van der Waals surface area contributed by atoms with E-state index in [0.29, 0.717) is 23.9 Å². The van der Waals surface area contributed by atoms with Crippen molar-refractivity contribution in [3.63, 3.8) is 0 Å². The van der Waals surface area contributed by atoms with Crippen LogP contribution in [0.2, 0.25) is 0 Å². The Morgan fingerprint density at radius 1 is 1.19 bits per heavy atom. The van der Waals surface area contributed by atoms with Gasteiger partial charge in [-0.2, -0.15) is 13.2 Å². The van der Waals surface area contributed by atoms with E-state index in [-0.39, 0.29) is 0 Å². The molecule has 1 N–H and O–H groups in total. The first kappa shape index (κ1) is 14.6. The number of halogens is 3. The average Bonchev–Trinajstić information content (AvgIpc) is 2.78. The molecule has 0 amide bonds. The standard InChI is InChI=1S/C14H19F3N4/c1-2-21(11-7-9-3-4-10(8-11)18-9)13-6-5-12(19-20-13)14(15,16)17/h5-6,9-11,18H,2-4,7-8H2,1H3. The van der Waals surface area contributed by atoms with E-state index in [4.69, 9.17) is 0 Å². The van der Waals surface area contributed by atoms with Crippen molar-refractivity contribution in [2.75, 3.05) is 11.4 Å². The van der Waals surface area contributed by atoms with Crippen molar-refractivity contribution in [2.45, 2.75) is 56.9 Å². The van der Waals surface area contributed by atoms with Crippen LogP contribution in [0.25, 0.3) is 0 Å². The molecule has 0 spiro atoms. The maximum absolute atomic E-state index is 12.5. The lowest BCUT2D eigenvalue weighted by molar-refractivity contribution is -0.141. The molecule has 2 bridgehead atoms. The Labute approximate surface area is 121 Å². The molecule has 4 nitrogen and oxygen atoms in total. The van der Waals surface area contributed by atoms with Gasteiger partial charge in [0, 0.05) is 24.7 Å². The van der Waals surface area contributed by atoms with Gasteiger partial charge < -0.3 is 10.2 Å². The van der Waals surface area contributed by atoms with E-state index in [2.05, 4.69) is 20.4 Å². The molecule has 2 unspecified atom stereocenters. The van der Waals surface area contributed by atoms with Gasteiger partial charge in [-0.15, -0.1) is 10.2 Å². The first-order valence-electron chi connectivity index (χ1n) is 7.41. The fraction of sp³-hybridized carbons (Fsp3) is 0.714. The highest BCUT2D eigenvalue weighted by molar-refractivity contribution is 5.39. The first-order chi connectivity index (χ1) is 9.97. The van der Waals surface area contributed by atoms with Gasteiger partial charge in [-0.05, 0) is 44.7 Å². The van der Waals surface area contributed by atoms with E-state index >= 15 is 0 Å². The number of aromatic nitrogens is 2. The van der Waals surface area contributed by atoms with Crippen molar-refractivity contribution in [2.24, 2.45) is 0 Å². The number of piperidine rings is 1. The minimum absolute atomic E-state index is 0.333. The van der Waals surface area contributed by atoms with E-state index in [1.165, 1.54) is 18.9 Å². The maximum atomic E-state index is 12.5. The van der Waals surface area contributed by atoms with Crippen LogP contribution in [0.3, 0.4) is 0 Å². The van der Waals surface area contributed by atoms with Gasteiger partial charge >= 0.3 is 6.18 Å². The normalized spacial score (nSPS) is 28.7. The fourth-order valence-electron chi connectivity index (χ4n) is 3.52. The molecule has 2 fully saturated rings. The number of hydrogen-bond acceptors (Lipinski definition) is 4. The molecule has 0 aliphatic carbocycles. The predicted molar refractivity (Wildman–Crippen MR) is 73.0 cm³/mol. The molecule has 116 valence electrons. The smallest absolute Gasteiger partial charge is 0.352 e. The second kappa shape index (κ2) is 5.44. The van der Waals surface area contributed by atoms with Crippen LogP contribution in [-0.2, 0) is 6.18 Å². The predicted octanol–water partition coefficient (Wildman–Crippen LogP) is 2.60. The number of nitrogens with one attached hydrogen (secondary N) is 1. The summed E-state index contributed by atoms with van der Waals surface area (Å²) in [6.07, 6.45) is -0.00858. The summed E-state index contributed by atoms with van der Waals surface area (Å²) < 4.78 is 37.6. The maximum Gasteiger partial charge on any atom is 0.435 e. The Hall–Kier alpha value is -1.37. The Kier molecular flexibility index (Phi) is 3.77. The van der Waals surface area contributed by atoms with Crippen LogP contribution in [0.5, 0.6) is 0 Å². The lowest BCUT2D eigenvalue weighted by Crippen LogP contribution is -2.48. The number of alkyl halides is 3. The molecule has 2 saturated heterocycles. The van der Waals surface area contributed by atoms with Crippen molar-refractivity contribution in [3.05, 3.63) is 17.8 Å². The molecule has 0 saturated carbocycles. The number of hydrogen-bond donors (Lipinski definition) is 1. The van der Waals surface area contributed by atoms with Gasteiger partial charge in [-0.1, -0.05) is 0 Å². The van der Waals surface area contributed by atoms with Gasteiger partial charge in [0.1, 0.15) is 0 Å². The molecule has 2 aliphatic heterocycles. The van der Waals surface area contributed by atoms with Crippen molar-refractivity contribution in [3.8, 4) is 0 Å². The third-order valence-corrected chi connectivity index (χ3v) is 4.46. The molecule has 3 heterocycles. The number of rotatable bonds is 3. The van der Waals surface area contributed by atoms with Gasteiger partial charge in [-0.25, -0.2) is 0 Å². The summed E-state index contributed by atoms with van der Waals surface area (Å²) in [6.45, 7) is 2.73. The zero-order valence-corrected chi connectivity index (χ0v) is 11.9. The van der Waals surface area contributed by atoms with Crippen LogP contribution in [0.1, 0.15) is 38.3 Å². The SMILES string of the molecule is CCN(c1ccc(C(F)(F)F)nn1)C1CC2CCC(C1)N2. The van der Waals surface area contributed by atoms with Crippen molar-refractivity contribution in [1.82, 2.24) is 15.5 Å². The minimum atomic E-state index is -4.43. The molecule has 2 atom stereocenters. The first-order valence-corrected chi connectivity index (χ1v) is 7.41. The molecule has 1 aromatic heterocycles. The van der Waals surface area contributed by atoms with Crippen LogP contribution in [0, 0.1) is 0 Å².